The van der Waals surface area contributed by atoms with E-state index in [1.165, 1.54) is 0 Å². The number of nitrogens with two attached hydrogens (primary N) is 1. The smallest absolute Gasteiger partial charge is 0.204 e. The van der Waals surface area contributed by atoms with E-state index in [1.807, 2.05) is 13.0 Å². The van der Waals surface area contributed by atoms with Crippen LogP contribution in [0.25, 0.3) is 10.9 Å². The number of benzene rings is 1. The Kier molecular flexibility index (Phi) is 4.37. The van der Waals surface area contributed by atoms with E-state index in [2.05, 4.69) is 17.3 Å². The highest BCUT2D eigenvalue weighted by Crippen LogP contribution is 2.46. The fraction of sp³-hybridized carbons (Fsp3) is 0.400. The van der Waals surface area contributed by atoms with Crippen molar-refractivity contribution in [2.24, 2.45) is 5.84 Å². The van der Waals surface area contributed by atoms with E-state index in [-0.39, 0.29) is 0 Å². The summed E-state index contributed by atoms with van der Waals surface area (Å²) in [6.07, 6.45) is 0.811. The average Bonchev–Trinajstić information content (AvgIpc) is 2.51. The molecular weight excluding hydrogens is 270 g/mol. The van der Waals surface area contributed by atoms with Gasteiger partial charge in [0.25, 0.3) is 0 Å². The molecule has 6 heteroatoms. The van der Waals surface area contributed by atoms with E-state index in [0.717, 1.165) is 34.3 Å². The van der Waals surface area contributed by atoms with Crippen LogP contribution in [0.3, 0.4) is 0 Å². The molecular formula is C15H21N3O3. The van der Waals surface area contributed by atoms with Gasteiger partial charge in [-0.1, -0.05) is 6.92 Å². The van der Waals surface area contributed by atoms with Crippen molar-refractivity contribution in [3.8, 4) is 17.2 Å². The highest BCUT2D eigenvalue weighted by molar-refractivity contribution is 6.01. The van der Waals surface area contributed by atoms with Crippen molar-refractivity contribution in [2.45, 2.75) is 20.3 Å². The van der Waals surface area contributed by atoms with Crippen molar-refractivity contribution in [3.05, 3.63) is 17.3 Å². The third-order valence-electron chi connectivity index (χ3n) is 3.58. The number of anilines is 1. The molecule has 1 heterocycles. The number of hydrogen-bond acceptors (Lipinski definition) is 6. The predicted octanol–water partition coefficient (Wildman–Crippen LogP) is 2.42. The Bertz CT molecular complexity index is 671. The van der Waals surface area contributed by atoms with E-state index in [0.29, 0.717) is 17.2 Å². The second-order valence-electron chi connectivity index (χ2n) is 4.59. The Balaban J connectivity index is 2.99. The van der Waals surface area contributed by atoms with E-state index in [4.69, 9.17) is 20.1 Å². The number of nitrogens with one attached hydrogen (secondary N) is 1. The second kappa shape index (κ2) is 6.05. The Labute approximate surface area is 124 Å². The predicted molar refractivity (Wildman–Crippen MR) is 83.3 cm³/mol. The number of methoxy groups -OCH3 is 3. The van der Waals surface area contributed by atoms with Crippen molar-refractivity contribution in [1.29, 1.82) is 0 Å². The van der Waals surface area contributed by atoms with Crippen LogP contribution >= 0.6 is 0 Å². The van der Waals surface area contributed by atoms with Gasteiger partial charge < -0.3 is 19.6 Å². The number of ether oxygens (including phenoxy) is 3. The van der Waals surface area contributed by atoms with Crippen LogP contribution in [0, 0.1) is 6.92 Å². The maximum Gasteiger partial charge on any atom is 0.204 e. The minimum atomic E-state index is 0.525. The van der Waals surface area contributed by atoms with Gasteiger partial charge in [-0.05, 0) is 18.9 Å². The molecule has 0 fully saturated rings. The fourth-order valence-electron chi connectivity index (χ4n) is 2.64. The summed E-state index contributed by atoms with van der Waals surface area (Å²) in [4.78, 5) is 4.64. The molecule has 21 heavy (non-hydrogen) atoms. The summed E-state index contributed by atoms with van der Waals surface area (Å²) in [5.74, 6) is 7.39. The zero-order valence-electron chi connectivity index (χ0n) is 13.0. The van der Waals surface area contributed by atoms with Gasteiger partial charge in [-0.3, -0.25) is 10.8 Å². The lowest BCUT2D eigenvalue weighted by atomic mass is 10.0. The summed E-state index contributed by atoms with van der Waals surface area (Å²) in [5.41, 5.74) is 6.30. The molecule has 1 aromatic carbocycles. The topological polar surface area (TPSA) is 78.6 Å². The van der Waals surface area contributed by atoms with Crippen molar-refractivity contribution in [1.82, 2.24) is 4.98 Å². The quantitative estimate of drug-likeness (QED) is 0.650. The number of nitrogen functional groups attached to an aromatic ring is 1. The highest BCUT2D eigenvalue weighted by Gasteiger charge is 2.21. The molecule has 114 valence electrons. The van der Waals surface area contributed by atoms with Gasteiger partial charge in [-0.25, -0.2) is 0 Å². The van der Waals surface area contributed by atoms with E-state index in [1.54, 1.807) is 21.3 Å². The fourth-order valence-corrected chi connectivity index (χ4v) is 2.64. The summed E-state index contributed by atoms with van der Waals surface area (Å²) in [5, 5.41) is 0.792. The molecule has 0 bridgehead atoms. The first-order valence-electron chi connectivity index (χ1n) is 6.71. The van der Waals surface area contributed by atoms with Gasteiger partial charge in [0, 0.05) is 11.8 Å². The van der Waals surface area contributed by atoms with Crippen LogP contribution in [0.5, 0.6) is 17.2 Å². The van der Waals surface area contributed by atoms with Crippen molar-refractivity contribution in [2.75, 3.05) is 26.8 Å². The van der Waals surface area contributed by atoms with Gasteiger partial charge in [0.2, 0.25) is 5.75 Å². The van der Waals surface area contributed by atoms with E-state index < -0.39 is 0 Å². The molecule has 0 spiro atoms. The molecule has 2 aromatic rings. The minimum Gasteiger partial charge on any atom is -0.493 e. The van der Waals surface area contributed by atoms with Gasteiger partial charge in [-0.2, -0.15) is 0 Å². The van der Waals surface area contributed by atoms with Crippen LogP contribution in [-0.4, -0.2) is 26.3 Å². The maximum atomic E-state index is 5.74. The van der Waals surface area contributed by atoms with Gasteiger partial charge in [-0.15, -0.1) is 0 Å². The minimum absolute atomic E-state index is 0.525. The van der Waals surface area contributed by atoms with Gasteiger partial charge in [0.15, 0.2) is 11.5 Å². The molecule has 0 atom stereocenters. The van der Waals surface area contributed by atoms with Crippen molar-refractivity contribution < 1.29 is 14.2 Å². The maximum absolute atomic E-state index is 5.74. The van der Waals surface area contributed by atoms with Gasteiger partial charge >= 0.3 is 0 Å². The average molecular weight is 291 g/mol. The standard InChI is InChI=1S/C15H21N3O3/c1-6-9-8(2)17-10-7-11(19-3)14(20-4)15(21-5)12(10)13(9)18-16/h7H,6,16H2,1-5H3,(H,17,18). The first-order valence-corrected chi connectivity index (χ1v) is 6.71. The zero-order chi connectivity index (χ0) is 15.6. The molecule has 0 unspecified atom stereocenters. The lowest BCUT2D eigenvalue weighted by Crippen LogP contribution is -2.12. The molecule has 0 saturated heterocycles. The number of rotatable bonds is 5. The number of nitrogens with zero attached hydrogens (tertiary/aromatic N) is 1. The van der Waals surface area contributed by atoms with Crippen LogP contribution < -0.4 is 25.5 Å². The summed E-state index contributed by atoms with van der Waals surface area (Å²) < 4.78 is 16.3. The number of pyridine rings is 1. The summed E-state index contributed by atoms with van der Waals surface area (Å²) in [6.45, 7) is 4.02. The summed E-state index contributed by atoms with van der Waals surface area (Å²) in [7, 11) is 4.74. The second-order valence-corrected chi connectivity index (χ2v) is 4.59. The lowest BCUT2D eigenvalue weighted by molar-refractivity contribution is 0.327. The monoisotopic (exact) mass is 291 g/mol. The van der Waals surface area contributed by atoms with Crippen LogP contribution in [0.2, 0.25) is 0 Å². The number of aryl methyl sites for hydroxylation is 1. The largest absolute Gasteiger partial charge is 0.493 e. The van der Waals surface area contributed by atoms with Crippen molar-refractivity contribution >= 4 is 16.6 Å². The highest BCUT2D eigenvalue weighted by atomic mass is 16.5. The number of hydrazine groups is 1. The first kappa shape index (κ1) is 15.2. The third-order valence-corrected chi connectivity index (χ3v) is 3.58. The Morgan fingerprint density at radius 2 is 1.81 bits per heavy atom. The van der Waals surface area contributed by atoms with Crippen LogP contribution in [0.15, 0.2) is 6.07 Å². The van der Waals surface area contributed by atoms with Crippen LogP contribution in [0.4, 0.5) is 5.69 Å². The Morgan fingerprint density at radius 1 is 1.14 bits per heavy atom. The molecule has 0 aliphatic carbocycles. The van der Waals surface area contributed by atoms with E-state index >= 15 is 0 Å². The third kappa shape index (κ3) is 2.31. The molecule has 0 saturated carbocycles. The zero-order valence-corrected chi connectivity index (χ0v) is 13.0. The summed E-state index contributed by atoms with van der Waals surface area (Å²) >= 11 is 0. The lowest BCUT2D eigenvalue weighted by Gasteiger charge is -2.19. The number of fused-ring (bicyclic) bond motifs is 1. The molecule has 0 radical (unpaired) electrons. The summed E-state index contributed by atoms with van der Waals surface area (Å²) in [6, 6.07) is 1.82. The number of aromatic nitrogens is 1. The van der Waals surface area contributed by atoms with Crippen LogP contribution in [-0.2, 0) is 6.42 Å². The normalized spacial score (nSPS) is 10.6. The SMILES string of the molecule is CCc1c(C)nc2cc(OC)c(OC)c(OC)c2c1NN. The van der Waals surface area contributed by atoms with Crippen molar-refractivity contribution in [3.63, 3.8) is 0 Å². The molecule has 3 N–H and O–H groups in total. The Hall–Kier alpha value is -2.21. The molecule has 0 amide bonds. The number of hydrogen-bond donors (Lipinski definition) is 2. The molecule has 2 rings (SSSR count). The molecule has 6 nitrogen and oxygen atoms in total. The van der Waals surface area contributed by atoms with Gasteiger partial charge in [0.1, 0.15) is 0 Å². The molecule has 1 aromatic heterocycles. The molecule has 0 aliphatic rings. The van der Waals surface area contributed by atoms with E-state index in [9.17, 15) is 0 Å². The van der Waals surface area contributed by atoms with Gasteiger partial charge in [0.05, 0.1) is 37.9 Å². The molecule has 0 aliphatic heterocycles. The Morgan fingerprint density at radius 3 is 2.29 bits per heavy atom. The first-order chi connectivity index (χ1) is 10.1. The van der Waals surface area contributed by atoms with Crippen LogP contribution in [0.1, 0.15) is 18.2 Å².